The largest absolute Gasteiger partial charge is 0.495 e. The summed E-state index contributed by atoms with van der Waals surface area (Å²) < 4.78 is 33.4. The lowest BCUT2D eigenvalue weighted by molar-refractivity contribution is -0.129. The van der Waals surface area contributed by atoms with Crippen molar-refractivity contribution < 1.29 is 27.9 Å². The van der Waals surface area contributed by atoms with Crippen LogP contribution in [0.5, 0.6) is 5.75 Å². The Morgan fingerprint density at radius 2 is 1.86 bits per heavy atom. The molecule has 2 rings (SSSR count). The van der Waals surface area contributed by atoms with Crippen molar-refractivity contribution in [2.24, 2.45) is 0 Å². The quantitative estimate of drug-likeness (QED) is 0.697. The molecule has 2 aromatic rings. The maximum atomic E-state index is 12.9. The van der Waals surface area contributed by atoms with Crippen molar-refractivity contribution in [3.8, 4) is 5.75 Å². The summed E-state index contributed by atoms with van der Waals surface area (Å²) in [6.45, 7) is 3.98. The molecule has 0 saturated carbocycles. The molecule has 150 valence electrons. The number of carboxylic acid groups (broad SMARTS) is 1. The monoisotopic (exact) mass is 406 g/mol. The van der Waals surface area contributed by atoms with Gasteiger partial charge in [0.1, 0.15) is 10.6 Å². The molecule has 0 aliphatic rings. The highest BCUT2D eigenvalue weighted by atomic mass is 32.2. The first-order valence-electron chi connectivity index (χ1n) is 8.47. The fourth-order valence-electron chi connectivity index (χ4n) is 2.63. The van der Waals surface area contributed by atoms with Crippen LogP contribution in [0, 0.1) is 0 Å². The smallest absolute Gasteiger partial charge is 0.335 e. The summed E-state index contributed by atoms with van der Waals surface area (Å²) in [5.41, 5.74) is 0.727. The molecule has 0 unspecified atom stereocenters. The van der Waals surface area contributed by atoms with Gasteiger partial charge in [-0.25, -0.2) is 13.2 Å². The van der Waals surface area contributed by atoms with E-state index >= 15 is 0 Å². The number of hydrogen-bond acceptors (Lipinski definition) is 5. The zero-order valence-electron chi connectivity index (χ0n) is 15.8. The van der Waals surface area contributed by atoms with Gasteiger partial charge in [0.25, 0.3) is 10.0 Å². The van der Waals surface area contributed by atoms with Gasteiger partial charge in [0.05, 0.1) is 18.4 Å². The molecule has 0 heterocycles. The maximum absolute atomic E-state index is 12.9. The average Bonchev–Trinajstić information content (AvgIpc) is 2.66. The van der Waals surface area contributed by atoms with Crippen molar-refractivity contribution in [2.45, 2.75) is 25.3 Å². The molecular weight excluding hydrogens is 384 g/mol. The third kappa shape index (κ3) is 4.80. The summed E-state index contributed by atoms with van der Waals surface area (Å²) in [5, 5.41) is 9.16. The second-order valence-electron chi connectivity index (χ2n) is 5.97. The molecule has 0 aliphatic carbocycles. The molecule has 1 amide bonds. The van der Waals surface area contributed by atoms with E-state index in [-0.39, 0.29) is 28.7 Å². The molecule has 2 N–H and O–H groups in total. The summed E-state index contributed by atoms with van der Waals surface area (Å²) in [4.78, 5) is 24.2. The SMILES string of the molecule is CCN(Cc1ccccc1NS(=O)(=O)c1cc(C(=O)O)ccc1OC)C(C)=O. The van der Waals surface area contributed by atoms with Crippen LogP contribution in [0.3, 0.4) is 0 Å². The summed E-state index contributed by atoms with van der Waals surface area (Å²) in [5.74, 6) is -1.36. The molecule has 0 aromatic heterocycles. The Hall–Kier alpha value is -3.07. The number of anilines is 1. The van der Waals surface area contributed by atoms with Crippen LogP contribution in [0.15, 0.2) is 47.4 Å². The number of methoxy groups -OCH3 is 1. The molecule has 28 heavy (non-hydrogen) atoms. The first-order valence-corrected chi connectivity index (χ1v) is 9.95. The summed E-state index contributed by atoms with van der Waals surface area (Å²) >= 11 is 0. The Balaban J connectivity index is 2.44. The fourth-order valence-corrected chi connectivity index (χ4v) is 3.93. The normalized spacial score (nSPS) is 11.0. The van der Waals surface area contributed by atoms with Crippen LogP contribution in [0.2, 0.25) is 0 Å². The van der Waals surface area contributed by atoms with E-state index in [0.29, 0.717) is 17.8 Å². The number of carbonyl (C=O) groups excluding carboxylic acids is 1. The van der Waals surface area contributed by atoms with Gasteiger partial charge in [-0.2, -0.15) is 0 Å². The number of nitrogens with zero attached hydrogens (tertiary/aromatic N) is 1. The number of para-hydroxylation sites is 1. The van der Waals surface area contributed by atoms with E-state index in [0.717, 1.165) is 6.07 Å². The molecule has 8 nitrogen and oxygen atoms in total. The van der Waals surface area contributed by atoms with Gasteiger partial charge in [0, 0.05) is 20.0 Å². The van der Waals surface area contributed by atoms with Crippen LogP contribution < -0.4 is 9.46 Å². The van der Waals surface area contributed by atoms with Gasteiger partial charge in [0.15, 0.2) is 0 Å². The Morgan fingerprint density at radius 3 is 2.43 bits per heavy atom. The molecular formula is C19H22N2O6S. The molecule has 9 heteroatoms. The summed E-state index contributed by atoms with van der Waals surface area (Å²) in [7, 11) is -2.84. The van der Waals surface area contributed by atoms with Crippen molar-refractivity contribution in [3.05, 3.63) is 53.6 Å². The Bertz CT molecular complexity index is 988. The van der Waals surface area contributed by atoms with Crippen LogP contribution in [-0.2, 0) is 21.4 Å². The predicted octanol–water partition coefficient (Wildman–Crippen LogP) is 2.56. The second-order valence-corrected chi connectivity index (χ2v) is 7.62. The van der Waals surface area contributed by atoms with Gasteiger partial charge in [-0.1, -0.05) is 18.2 Å². The maximum Gasteiger partial charge on any atom is 0.335 e. The molecule has 0 spiro atoms. The molecule has 0 aliphatic heterocycles. The molecule has 0 radical (unpaired) electrons. The van der Waals surface area contributed by atoms with E-state index in [4.69, 9.17) is 9.84 Å². The van der Waals surface area contributed by atoms with Gasteiger partial charge >= 0.3 is 5.97 Å². The minimum Gasteiger partial charge on any atom is -0.495 e. The van der Waals surface area contributed by atoms with Crippen molar-refractivity contribution in [3.63, 3.8) is 0 Å². The fraction of sp³-hybridized carbons (Fsp3) is 0.263. The van der Waals surface area contributed by atoms with Gasteiger partial charge in [-0.3, -0.25) is 9.52 Å². The van der Waals surface area contributed by atoms with Gasteiger partial charge in [-0.15, -0.1) is 0 Å². The summed E-state index contributed by atoms with van der Waals surface area (Å²) in [6.07, 6.45) is 0. The number of carbonyl (C=O) groups is 2. The first-order chi connectivity index (χ1) is 13.2. The van der Waals surface area contributed by atoms with E-state index in [1.54, 1.807) is 29.2 Å². The highest BCUT2D eigenvalue weighted by Crippen LogP contribution is 2.28. The number of aromatic carboxylic acids is 1. The third-order valence-corrected chi connectivity index (χ3v) is 5.54. The van der Waals surface area contributed by atoms with E-state index in [9.17, 15) is 18.0 Å². The molecule has 0 bridgehead atoms. The highest BCUT2D eigenvalue weighted by Gasteiger charge is 2.23. The molecule has 0 atom stereocenters. The number of ether oxygens (including phenoxy) is 1. The van der Waals surface area contributed by atoms with E-state index < -0.39 is 16.0 Å². The van der Waals surface area contributed by atoms with Crippen molar-refractivity contribution in [2.75, 3.05) is 18.4 Å². The van der Waals surface area contributed by atoms with Crippen LogP contribution in [0.25, 0.3) is 0 Å². The number of amides is 1. The average molecular weight is 406 g/mol. The summed E-state index contributed by atoms with van der Waals surface area (Å²) in [6, 6.07) is 10.3. The minimum atomic E-state index is -4.14. The zero-order valence-corrected chi connectivity index (χ0v) is 16.6. The van der Waals surface area contributed by atoms with Gasteiger partial charge < -0.3 is 14.7 Å². The predicted molar refractivity (Wildman–Crippen MR) is 104 cm³/mol. The van der Waals surface area contributed by atoms with Crippen molar-refractivity contribution in [1.29, 1.82) is 0 Å². The molecule has 0 fully saturated rings. The number of rotatable bonds is 8. The first kappa shape index (κ1) is 21.2. The third-order valence-electron chi connectivity index (χ3n) is 4.15. The lowest BCUT2D eigenvalue weighted by atomic mass is 10.1. The van der Waals surface area contributed by atoms with E-state index in [1.165, 1.54) is 26.2 Å². The van der Waals surface area contributed by atoms with E-state index in [1.807, 2.05) is 6.92 Å². The topological polar surface area (TPSA) is 113 Å². The molecule has 2 aromatic carbocycles. The number of carboxylic acids is 1. The van der Waals surface area contributed by atoms with Gasteiger partial charge in [-0.05, 0) is 36.8 Å². The second kappa shape index (κ2) is 8.75. The van der Waals surface area contributed by atoms with Crippen LogP contribution >= 0.6 is 0 Å². The van der Waals surface area contributed by atoms with Crippen LogP contribution in [0.1, 0.15) is 29.8 Å². The number of hydrogen-bond donors (Lipinski definition) is 2. The van der Waals surface area contributed by atoms with E-state index in [2.05, 4.69) is 4.72 Å². The van der Waals surface area contributed by atoms with Crippen LogP contribution in [-0.4, -0.2) is 44.0 Å². The minimum absolute atomic E-state index is 0.0221. The highest BCUT2D eigenvalue weighted by molar-refractivity contribution is 7.92. The number of nitrogens with one attached hydrogen (secondary N) is 1. The Labute approximate surface area is 163 Å². The lowest BCUT2D eigenvalue weighted by Gasteiger charge is -2.21. The van der Waals surface area contributed by atoms with Crippen molar-refractivity contribution in [1.82, 2.24) is 4.90 Å². The van der Waals surface area contributed by atoms with Crippen molar-refractivity contribution >= 4 is 27.6 Å². The lowest BCUT2D eigenvalue weighted by Crippen LogP contribution is -2.28. The molecule has 0 saturated heterocycles. The Morgan fingerprint density at radius 1 is 1.18 bits per heavy atom. The van der Waals surface area contributed by atoms with Gasteiger partial charge in [0.2, 0.25) is 5.91 Å². The standard InChI is InChI=1S/C19H22N2O6S/c1-4-21(13(2)22)12-15-7-5-6-8-16(15)20-28(25,26)18-11-14(19(23)24)9-10-17(18)27-3/h5-11,20H,4,12H2,1-3H3,(H,23,24). The Kier molecular flexibility index (Phi) is 6.63. The zero-order chi connectivity index (χ0) is 20.9. The number of sulfonamides is 1. The number of benzene rings is 2. The van der Waals surface area contributed by atoms with Crippen LogP contribution in [0.4, 0.5) is 5.69 Å².